The van der Waals surface area contributed by atoms with E-state index >= 15 is 0 Å². The maximum atomic E-state index is 12.5. The summed E-state index contributed by atoms with van der Waals surface area (Å²) in [5.41, 5.74) is 1.29. The number of aryl methyl sites for hydroxylation is 1. The average molecular weight is 387 g/mol. The molecule has 1 aromatic carbocycles. The van der Waals surface area contributed by atoms with Crippen LogP contribution in [-0.4, -0.2) is 49.2 Å². The van der Waals surface area contributed by atoms with Gasteiger partial charge in [-0.1, -0.05) is 28.9 Å². The van der Waals surface area contributed by atoms with Crippen molar-refractivity contribution in [2.45, 2.75) is 31.6 Å². The van der Waals surface area contributed by atoms with Gasteiger partial charge in [0.2, 0.25) is 17.6 Å². The van der Waals surface area contributed by atoms with Gasteiger partial charge in [-0.25, -0.2) is 4.98 Å². The Bertz CT molecular complexity index is 885. The van der Waals surface area contributed by atoms with Gasteiger partial charge in [0.1, 0.15) is 6.33 Å². The van der Waals surface area contributed by atoms with E-state index in [4.69, 9.17) is 16.1 Å². The van der Waals surface area contributed by atoms with Crippen molar-refractivity contribution in [2.24, 2.45) is 0 Å². The molecule has 140 valence electrons. The van der Waals surface area contributed by atoms with Crippen LogP contribution in [0.3, 0.4) is 0 Å². The lowest BCUT2D eigenvalue weighted by Gasteiger charge is -2.32. The second kappa shape index (κ2) is 7.87. The van der Waals surface area contributed by atoms with Crippen LogP contribution in [0.25, 0.3) is 11.6 Å². The highest BCUT2D eigenvalue weighted by molar-refractivity contribution is 6.30. The summed E-state index contributed by atoms with van der Waals surface area (Å²) < 4.78 is 5.18. The maximum absolute atomic E-state index is 12.5. The molecular weight excluding hydrogens is 368 g/mol. The lowest BCUT2D eigenvalue weighted by atomic mass is 9.89. The van der Waals surface area contributed by atoms with E-state index < -0.39 is 0 Å². The average Bonchev–Trinajstić information content (AvgIpc) is 3.38. The number of benzene rings is 1. The third-order valence-electron chi connectivity index (χ3n) is 4.84. The Hall–Kier alpha value is -2.74. The number of rotatable bonds is 5. The van der Waals surface area contributed by atoms with Gasteiger partial charge in [0, 0.05) is 31.0 Å². The summed E-state index contributed by atoms with van der Waals surface area (Å²) in [4.78, 5) is 22.6. The van der Waals surface area contributed by atoms with Gasteiger partial charge in [-0.3, -0.25) is 9.89 Å². The molecule has 0 bridgehead atoms. The number of aromatic nitrogens is 5. The first-order valence-corrected chi connectivity index (χ1v) is 9.28. The van der Waals surface area contributed by atoms with Crippen molar-refractivity contribution in [3.63, 3.8) is 0 Å². The molecule has 1 saturated heterocycles. The third kappa shape index (κ3) is 4.16. The van der Waals surface area contributed by atoms with Gasteiger partial charge in [0.05, 0.1) is 0 Å². The predicted molar refractivity (Wildman–Crippen MR) is 98.0 cm³/mol. The highest BCUT2D eigenvalue weighted by Gasteiger charge is 2.24. The molecule has 0 aliphatic carbocycles. The van der Waals surface area contributed by atoms with E-state index in [1.807, 2.05) is 17.0 Å². The molecule has 1 amide bonds. The van der Waals surface area contributed by atoms with Gasteiger partial charge < -0.3 is 9.42 Å². The van der Waals surface area contributed by atoms with Crippen LogP contribution in [0, 0.1) is 0 Å². The number of hydrogen-bond donors (Lipinski definition) is 1. The number of carbonyl (C=O) groups is 1. The summed E-state index contributed by atoms with van der Waals surface area (Å²) in [6.07, 6.45) is 4.07. The number of halogens is 1. The van der Waals surface area contributed by atoms with Gasteiger partial charge in [0.25, 0.3) is 0 Å². The molecule has 2 aromatic heterocycles. The predicted octanol–water partition coefficient (Wildman–Crippen LogP) is 2.85. The summed E-state index contributed by atoms with van der Waals surface area (Å²) >= 11 is 5.95. The van der Waals surface area contributed by atoms with Crippen molar-refractivity contribution < 1.29 is 9.32 Å². The summed E-state index contributed by atoms with van der Waals surface area (Å²) in [6, 6.07) is 8.00. The number of nitrogens with one attached hydrogen (secondary N) is 1. The minimum Gasteiger partial charge on any atom is -0.343 e. The molecule has 4 rings (SSSR count). The second-order valence-electron chi connectivity index (χ2n) is 6.55. The van der Waals surface area contributed by atoms with Crippen LogP contribution in [0.2, 0.25) is 5.02 Å². The maximum Gasteiger partial charge on any atom is 0.239 e. The van der Waals surface area contributed by atoms with Crippen molar-refractivity contribution in [2.75, 3.05) is 13.1 Å². The summed E-state index contributed by atoms with van der Waals surface area (Å²) in [6.45, 7) is 1.53. The van der Waals surface area contributed by atoms with Crippen LogP contribution in [-0.2, 0) is 11.2 Å². The molecule has 0 spiro atoms. The van der Waals surface area contributed by atoms with E-state index in [1.165, 1.54) is 11.9 Å². The van der Waals surface area contributed by atoms with Crippen molar-refractivity contribution in [3.05, 3.63) is 47.1 Å². The number of piperidine rings is 1. The van der Waals surface area contributed by atoms with Crippen LogP contribution in [0.4, 0.5) is 0 Å². The number of H-pyrrole nitrogens is 1. The van der Waals surface area contributed by atoms with Gasteiger partial charge >= 0.3 is 0 Å². The van der Waals surface area contributed by atoms with E-state index in [2.05, 4.69) is 37.5 Å². The first-order valence-electron chi connectivity index (χ1n) is 8.90. The molecule has 3 heterocycles. The Morgan fingerprint density at radius 1 is 1.26 bits per heavy atom. The summed E-state index contributed by atoms with van der Waals surface area (Å²) in [5, 5.41) is 11.0. The SMILES string of the molecule is O=C(CCc1nc(-c2ncn[nH]2)no1)N1CCC(c2ccc(Cl)cc2)CC1. The molecule has 0 unspecified atom stereocenters. The Balaban J connectivity index is 1.27. The zero-order valence-electron chi connectivity index (χ0n) is 14.6. The van der Waals surface area contributed by atoms with Crippen LogP contribution in [0.5, 0.6) is 0 Å². The lowest BCUT2D eigenvalue weighted by Crippen LogP contribution is -2.38. The Morgan fingerprint density at radius 3 is 2.74 bits per heavy atom. The van der Waals surface area contributed by atoms with Gasteiger partial charge in [0.15, 0.2) is 5.82 Å². The Morgan fingerprint density at radius 2 is 2.04 bits per heavy atom. The fourth-order valence-electron chi connectivity index (χ4n) is 3.33. The van der Waals surface area contributed by atoms with Crippen molar-refractivity contribution in [3.8, 4) is 11.6 Å². The monoisotopic (exact) mass is 386 g/mol. The zero-order valence-corrected chi connectivity index (χ0v) is 15.4. The molecule has 1 aliphatic heterocycles. The number of likely N-dealkylation sites (tertiary alicyclic amines) is 1. The van der Waals surface area contributed by atoms with Crippen LogP contribution in [0.1, 0.15) is 36.6 Å². The standard InChI is InChI=1S/C18H19ClN6O2/c19-14-3-1-12(2-4-14)13-7-9-25(10-8-13)16(26)6-5-15-22-18(24-27-15)17-20-11-21-23-17/h1-4,11,13H,5-10H2,(H,20,21,23). The van der Waals surface area contributed by atoms with E-state index in [1.54, 1.807) is 0 Å². The molecule has 0 atom stereocenters. The molecule has 8 nitrogen and oxygen atoms in total. The molecule has 27 heavy (non-hydrogen) atoms. The molecule has 0 radical (unpaired) electrons. The molecular formula is C18H19ClN6O2. The smallest absolute Gasteiger partial charge is 0.239 e. The van der Waals surface area contributed by atoms with Gasteiger partial charge in [-0.05, 0) is 36.5 Å². The van der Waals surface area contributed by atoms with Crippen molar-refractivity contribution in [1.82, 2.24) is 30.2 Å². The summed E-state index contributed by atoms with van der Waals surface area (Å²) in [7, 11) is 0. The topological polar surface area (TPSA) is 101 Å². The van der Waals surface area contributed by atoms with E-state index in [0.717, 1.165) is 31.0 Å². The molecule has 1 aliphatic rings. The summed E-state index contributed by atoms with van der Waals surface area (Å²) in [5.74, 6) is 1.81. The number of carbonyl (C=O) groups excluding carboxylic acids is 1. The largest absolute Gasteiger partial charge is 0.343 e. The Labute approximate surface area is 160 Å². The van der Waals surface area contributed by atoms with E-state index in [-0.39, 0.29) is 5.91 Å². The fraction of sp³-hybridized carbons (Fsp3) is 0.389. The minimum absolute atomic E-state index is 0.115. The van der Waals surface area contributed by atoms with E-state index in [0.29, 0.717) is 36.3 Å². The third-order valence-corrected chi connectivity index (χ3v) is 5.09. The zero-order chi connectivity index (χ0) is 18.6. The van der Waals surface area contributed by atoms with Gasteiger partial charge in [-0.15, -0.1) is 0 Å². The van der Waals surface area contributed by atoms with Crippen molar-refractivity contribution >= 4 is 17.5 Å². The molecule has 3 aromatic rings. The Kier molecular flexibility index (Phi) is 5.15. The van der Waals surface area contributed by atoms with Crippen molar-refractivity contribution in [1.29, 1.82) is 0 Å². The highest BCUT2D eigenvalue weighted by Crippen LogP contribution is 2.29. The second-order valence-corrected chi connectivity index (χ2v) is 6.99. The first kappa shape index (κ1) is 17.7. The van der Waals surface area contributed by atoms with Crippen LogP contribution >= 0.6 is 11.6 Å². The fourth-order valence-corrected chi connectivity index (χ4v) is 3.46. The number of nitrogens with zero attached hydrogens (tertiary/aromatic N) is 5. The van der Waals surface area contributed by atoms with E-state index in [9.17, 15) is 4.79 Å². The number of amides is 1. The number of aromatic amines is 1. The van der Waals surface area contributed by atoms with Crippen LogP contribution in [0.15, 0.2) is 35.1 Å². The molecule has 1 fully saturated rings. The quantitative estimate of drug-likeness (QED) is 0.723. The minimum atomic E-state index is 0.115. The molecule has 0 saturated carbocycles. The normalized spacial score (nSPS) is 15.2. The van der Waals surface area contributed by atoms with Gasteiger partial charge in [-0.2, -0.15) is 10.1 Å². The number of hydrogen-bond acceptors (Lipinski definition) is 6. The lowest BCUT2D eigenvalue weighted by molar-refractivity contribution is -0.132. The molecule has 9 heteroatoms. The first-order chi connectivity index (χ1) is 13.2. The molecule has 1 N–H and O–H groups in total. The highest BCUT2D eigenvalue weighted by atomic mass is 35.5. The van der Waals surface area contributed by atoms with Crippen LogP contribution < -0.4 is 0 Å².